The summed E-state index contributed by atoms with van der Waals surface area (Å²) in [5.41, 5.74) is 7.13. The Labute approximate surface area is 97.0 Å². The van der Waals surface area contributed by atoms with Gasteiger partial charge in [0.1, 0.15) is 6.29 Å². The summed E-state index contributed by atoms with van der Waals surface area (Å²) in [7, 11) is -0.979. The topological polar surface area (TPSA) is 72.2 Å². The van der Waals surface area contributed by atoms with E-state index < -0.39 is 10.8 Å². The van der Waals surface area contributed by atoms with Crippen molar-refractivity contribution in [2.24, 2.45) is 5.73 Å². The standard InChI is InChI=1S/C11H14N2O2S/c1-16(15)10-4-2-9(3-5-10)11(12)8-13-6-7-14/h2-5,7-8,13H,6,12H2,1H3/b11-8-. The number of carbonyl (C=O) groups is 1. The van der Waals surface area contributed by atoms with E-state index in [9.17, 15) is 9.00 Å². The first kappa shape index (κ1) is 12.4. The van der Waals surface area contributed by atoms with Crippen molar-refractivity contribution >= 4 is 22.8 Å². The van der Waals surface area contributed by atoms with Gasteiger partial charge in [-0.05, 0) is 17.7 Å². The van der Waals surface area contributed by atoms with Crippen molar-refractivity contribution in [1.29, 1.82) is 0 Å². The summed E-state index contributed by atoms with van der Waals surface area (Å²) in [6, 6.07) is 7.13. The van der Waals surface area contributed by atoms with Gasteiger partial charge in [0.25, 0.3) is 0 Å². The molecule has 0 aliphatic carbocycles. The maximum absolute atomic E-state index is 11.2. The van der Waals surface area contributed by atoms with Crippen LogP contribution in [0.15, 0.2) is 35.4 Å². The Bertz CT molecular complexity index is 412. The van der Waals surface area contributed by atoms with E-state index in [1.165, 1.54) is 0 Å². The lowest BCUT2D eigenvalue weighted by molar-refractivity contribution is -0.107. The smallest absolute Gasteiger partial charge is 0.139 e. The molecule has 1 atom stereocenters. The van der Waals surface area contributed by atoms with Gasteiger partial charge in [0.05, 0.1) is 12.2 Å². The van der Waals surface area contributed by atoms with E-state index in [1.807, 2.05) is 0 Å². The minimum atomic E-state index is -0.979. The van der Waals surface area contributed by atoms with Crippen molar-refractivity contribution in [2.75, 3.05) is 12.8 Å². The zero-order valence-electron chi connectivity index (χ0n) is 8.97. The molecule has 0 radical (unpaired) electrons. The number of hydrogen-bond donors (Lipinski definition) is 2. The Hall–Kier alpha value is -1.62. The fraction of sp³-hybridized carbons (Fsp3) is 0.182. The molecule has 4 nitrogen and oxygen atoms in total. The first-order valence-corrected chi connectivity index (χ1v) is 6.27. The fourth-order valence-electron chi connectivity index (χ4n) is 1.14. The SMILES string of the molecule is CS(=O)c1ccc(/C(N)=C/NCC=O)cc1. The van der Waals surface area contributed by atoms with Gasteiger partial charge in [0.15, 0.2) is 0 Å². The molecule has 1 aromatic rings. The Morgan fingerprint density at radius 2 is 2.06 bits per heavy atom. The zero-order valence-corrected chi connectivity index (χ0v) is 9.79. The van der Waals surface area contributed by atoms with Crippen LogP contribution in [0.2, 0.25) is 0 Å². The molecule has 1 aromatic carbocycles. The van der Waals surface area contributed by atoms with Crippen LogP contribution in [-0.2, 0) is 15.6 Å². The number of aldehydes is 1. The Balaban J connectivity index is 2.77. The number of carbonyl (C=O) groups excluding carboxylic acids is 1. The lowest BCUT2D eigenvalue weighted by atomic mass is 10.2. The van der Waals surface area contributed by atoms with Crippen LogP contribution in [-0.4, -0.2) is 23.3 Å². The molecule has 0 heterocycles. The van der Waals surface area contributed by atoms with Crippen LogP contribution in [0.1, 0.15) is 5.56 Å². The third kappa shape index (κ3) is 3.51. The Morgan fingerprint density at radius 1 is 1.44 bits per heavy atom. The van der Waals surface area contributed by atoms with Crippen molar-refractivity contribution in [3.8, 4) is 0 Å². The molecule has 0 saturated carbocycles. The molecule has 0 amide bonds. The second-order valence-corrected chi connectivity index (χ2v) is 4.53. The summed E-state index contributed by atoms with van der Waals surface area (Å²) in [6.45, 7) is 0.234. The van der Waals surface area contributed by atoms with Gasteiger partial charge in [-0.25, -0.2) is 0 Å². The van der Waals surface area contributed by atoms with Gasteiger partial charge >= 0.3 is 0 Å². The highest BCUT2D eigenvalue weighted by Gasteiger charge is 1.99. The molecule has 0 bridgehead atoms. The van der Waals surface area contributed by atoms with Crippen LogP contribution in [0, 0.1) is 0 Å². The Kier molecular flexibility index (Phi) is 4.72. The van der Waals surface area contributed by atoms with Gasteiger partial charge in [-0.1, -0.05) is 12.1 Å². The molecule has 1 unspecified atom stereocenters. The third-order valence-electron chi connectivity index (χ3n) is 1.98. The second-order valence-electron chi connectivity index (χ2n) is 3.15. The molecule has 0 aliphatic rings. The highest BCUT2D eigenvalue weighted by atomic mass is 32.2. The van der Waals surface area contributed by atoms with Crippen molar-refractivity contribution in [1.82, 2.24) is 5.32 Å². The van der Waals surface area contributed by atoms with Gasteiger partial charge in [-0.3, -0.25) is 4.21 Å². The predicted octanol–water partition coefficient (Wildman–Crippen LogP) is 0.470. The van der Waals surface area contributed by atoms with Crippen molar-refractivity contribution in [2.45, 2.75) is 4.90 Å². The van der Waals surface area contributed by atoms with Crippen LogP contribution in [0.4, 0.5) is 0 Å². The molecular formula is C11H14N2O2S. The first-order valence-electron chi connectivity index (χ1n) is 4.71. The van der Waals surface area contributed by atoms with Crippen LogP contribution in [0.5, 0.6) is 0 Å². The number of benzene rings is 1. The van der Waals surface area contributed by atoms with E-state index in [-0.39, 0.29) is 6.54 Å². The van der Waals surface area contributed by atoms with E-state index >= 15 is 0 Å². The molecule has 0 saturated heterocycles. The molecule has 0 aliphatic heterocycles. The van der Waals surface area contributed by atoms with Gasteiger partial charge < -0.3 is 15.8 Å². The van der Waals surface area contributed by atoms with Crippen LogP contribution in [0.25, 0.3) is 5.70 Å². The fourth-order valence-corrected chi connectivity index (χ4v) is 1.66. The summed E-state index contributed by atoms with van der Waals surface area (Å²) in [5.74, 6) is 0. The Morgan fingerprint density at radius 3 is 2.56 bits per heavy atom. The van der Waals surface area contributed by atoms with E-state index in [4.69, 9.17) is 5.73 Å². The van der Waals surface area contributed by atoms with Gasteiger partial charge in [0, 0.05) is 28.2 Å². The number of nitrogens with two attached hydrogens (primary N) is 1. The molecule has 16 heavy (non-hydrogen) atoms. The molecule has 3 N–H and O–H groups in total. The van der Waals surface area contributed by atoms with Gasteiger partial charge in [0.2, 0.25) is 0 Å². The molecule has 0 aromatic heterocycles. The summed E-state index contributed by atoms with van der Waals surface area (Å²) in [6.07, 6.45) is 3.96. The molecule has 1 rings (SSSR count). The molecular weight excluding hydrogens is 224 g/mol. The third-order valence-corrected chi connectivity index (χ3v) is 2.91. The average Bonchev–Trinajstić information content (AvgIpc) is 2.29. The summed E-state index contributed by atoms with van der Waals surface area (Å²) >= 11 is 0. The molecule has 86 valence electrons. The van der Waals surface area contributed by atoms with Crippen LogP contribution in [0.3, 0.4) is 0 Å². The number of nitrogens with one attached hydrogen (secondary N) is 1. The predicted molar refractivity (Wildman–Crippen MR) is 65.0 cm³/mol. The zero-order chi connectivity index (χ0) is 12.0. The second kappa shape index (κ2) is 6.07. The highest BCUT2D eigenvalue weighted by Crippen LogP contribution is 2.11. The number of hydrogen-bond acceptors (Lipinski definition) is 4. The quantitative estimate of drug-likeness (QED) is 0.578. The van der Waals surface area contributed by atoms with Gasteiger partial charge in [-0.15, -0.1) is 0 Å². The monoisotopic (exact) mass is 238 g/mol. The normalized spacial score (nSPS) is 13.2. The highest BCUT2D eigenvalue weighted by molar-refractivity contribution is 7.84. The molecule has 0 fully saturated rings. The largest absolute Gasteiger partial charge is 0.397 e. The lowest BCUT2D eigenvalue weighted by Gasteiger charge is -2.03. The first-order chi connectivity index (χ1) is 7.65. The minimum Gasteiger partial charge on any atom is -0.397 e. The minimum absolute atomic E-state index is 0.234. The molecule has 5 heteroatoms. The van der Waals surface area contributed by atoms with Crippen LogP contribution >= 0.6 is 0 Å². The van der Waals surface area contributed by atoms with E-state index in [0.29, 0.717) is 5.70 Å². The number of rotatable bonds is 5. The van der Waals surface area contributed by atoms with E-state index in [0.717, 1.165) is 16.7 Å². The maximum atomic E-state index is 11.2. The van der Waals surface area contributed by atoms with E-state index in [2.05, 4.69) is 5.32 Å². The summed E-state index contributed by atoms with van der Waals surface area (Å²) in [4.78, 5) is 10.8. The van der Waals surface area contributed by atoms with Crippen molar-refractivity contribution in [3.05, 3.63) is 36.0 Å². The van der Waals surface area contributed by atoms with Crippen molar-refractivity contribution < 1.29 is 9.00 Å². The van der Waals surface area contributed by atoms with Gasteiger partial charge in [-0.2, -0.15) is 0 Å². The van der Waals surface area contributed by atoms with E-state index in [1.54, 1.807) is 36.7 Å². The lowest BCUT2D eigenvalue weighted by Crippen LogP contribution is -2.11. The van der Waals surface area contributed by atoms with Crippen LogP contribution < -0.4 is 11.1 Å². The average molecular weight is 238 g/mol. The molecule has 0 spiro atoms. The summed E-state index contributed by atoms with van der Waals surface area (Å²) in [5, 5.41) is 2.76. The maximum Gasteiger partial charge on any atom is 0.139 e. The van der Waals surface area contributed by atoms with Crippen molar-refractivity contribution in [3.63, 3.8) is 0 Å². The summed E-state index contributed by atoms with van der Waals surface area (Å²) < 4.78 is 11.2.